The lowest BCUT2D eigenvalue weighted by Gasteiger charge is -2.22. The van der Waals surface area contributed by atoms with Gasteiger partial charge in [0.15, 0.2) is 0 Å². The average Bonchev–Trinajstić information content (AvgIpc) is 2.33. The predicted octanol–water partition coefficient (Wildman–Crippen LogP) is 1.72. The van der Waals surface area contributed by atoms with Crippen LogP contribution in [-0.2, 0) is 0 Å². The summed E-state index contributed by atoms with van der Waals surface area (Å²) in [7, 11) is 0. The highest BCUT2D eigenvalue weighted by Crippen LogP contribution is 2.68. The Morgan fingerprint density at radius 1 is 1.50 bits per heavy atom. The monoisotopic (exact) mass is 138 g/mol. The summed E-state index contributed by atoms with van der Waals surface area (Å²) in [5.41, 5.74) is 0.841. The van der Waals surface area contributed by atoms with Crippen LogP contribution in [0.2, 0.25) is 0 Å². The summed E-state index contributed by atoms with van der Waals surface area (Å²) in [5.74, 6) is 0. The van der Waals surface area contributed by atoms with Gasteiger partial charge < -0.3 is 5.11 Å². The first-order chi connectivity index (χ1) is 4.56. The Balaban J connectivity index is 2.27. The molecule has 0 bridgehead atoms. The molecule has 1 nitrogen and oxygen atoms in total. The van der Waals surface area contributed by atoms with Crippen molar-refractivity contribution in [3.8, 4) is 0 Å². The lowest BCUT2D eigenvalue weighted by molar-refractivity contribution is 0.164. The lowest BCUT2D eigenvalue weighted by atomic mass is 9.86. The van der Waals surface area contributed by atoms with Gasteiger partial charge in [-0.2, -0.15) is 0 Å². The number of rotatable bonds is 0. The molecule has 56 valence electrons. The van der Waals surface area contributed by atoms with E-state index in [0.29, 0.717) is 10.8 Å². The van der Waals surface area contributed by atoms with E-state index in [0.717, 1.165) is 6.42 Å². The third-order valence-corrected chi connectivity index (χ3v) is 3.36. The number of aliphatic hydroxyl groups excluding tert-OH is 1. The molecule has 2 aliphatic carbocycles. The highest BCUT2D eigenvalue weighted by molar-refractivity contribution is 5.24. The Kier molecular flexibility index (Phi) is 0.946. The molecule has 0 aliphatic heterocycles. The Labute approximate surface area is 61.8 Å². The van der Waals surface area contributed by atoms with Gasteiger partial charge in [0, 0.05) is 0 Å². The van der Waals surface area contributed by atoms with Crippen molar-refractivity contribution in [2.75, 3.05) is 0 Å². The maximum absolute atomic E-state index is 9.30. The van der Waals surface area contributed by atoms with Crippen LogP contribution < -0.4 is 0 Å². The fourth-order valence-corrected chi connectivity index (χ4v) is 2.18. The van der Waals surface area contributed by atoms with Crippen molar-refractivity contribution in [1.82, 2.24) is 0 Å². The molecular weight excluding hydrogens is 124 g/mol. The maximum Gasteiger partial charge on any atom is 0.0726 e. The van der Waals surface area contributed by atoms with Gasteiger partial charge in [-0.25, -0.2) is 0 Å². The van der Waals surface area contributed by atoms with Gasteiger partial charge in [0.1, 0.15) is 0 Å². The normalized spacial score (nSPS) is 58.1. The van der Waals surface area contributed by atoms with Crippen molar-refractivity contribution < 1.29 is 5.11 Å². The Bertz CT molecular complexity index is 197. The second-order valence-corrected chi connectivity index (χ2v) is 4.29. The van der Waals surface area contributed by atoms with Gasteiger partial charge in [-0.3, -0.25) is 0 Å². The Hall–Kier alpha value is -0.300. The number of fused-ring (bicyclic) bond motifs is 1. The molecule has 1 N–H and O–H groups in total. The molecule has 10 heavy (non-hydrogen) atoms. The molecule has 2 aliphatic rings. The van der Waals surface area contributed by atoms with Crippen molar-refractivity contribution in [1.29, 1.82) is 0 Å². The SMILES string of the molecule is C[C@]12C[C@H](O)C=C[C@]1(C)C2. The zero-order valence-electron chi connectivity index (χ0n) is 6.59. The van der Waals surface area contributed by atoms with Crippen molar-refractivity contribution in [3.05, 3.63) is 12.2 Å². The van der Waals surface area contributed by atoms with E-state index in [-0.39, 0.29) is 6.10 Å². The van der Waals surface area contributed by atoms with Gasteiger partial charge in [0.05, 0.1) is 6.10 Å². The van der Waals surface area contributed by atoms with Crippen LogP contribution in [0.3, 0.4) is 0 Å². The van der Waals surface area contributed by atoms with Crippen LogP contribution in [-0.4, -0.2) is 11.2 Å². The molecule has 1 fully saturated rings. The first-order valence-electron chi connectivity index (χ1n) is 3.93. The second-order valence-electron chi connectivity index (χ2n) is 4.29. The minimum absolute atomic E-state index is 0.180. The summed E-state index contributed by atoms with van der Waals surface area (Å²) in [4.78, 5) is 0. The lowest BCUT2D eigenvalue weighted by Crippen LogP contribution is -2.18. The topological polar surface area (TPSA) is 20.2 Å². The van der Waals surface area contributed by atoms with Crippen molar-refractivity contribution in [3.63, 3.8) is 0 Å². The van der Waals surface area contributed by atoms with E-state index >= 15 is 0 Å². The fourth-order valence-electron chi connectivity index (χ4n) is 2.18. The molecule has 0 heterocycles. The minimum atomic E-state index is -0.180. The average molecular weight is 138 g/mol. The predicted molar refractivity (Wildman–Crippen MR) is 40.6 cm³/mol. The summed E-state index contributed by atoms with van der Waals surface area (Å²) in [5, 5.41) is 9.30. The molecule has 0 aromatic heterocycles. The van der Waals surface area contributed by atoms with Crippen LogP contribution in [0.1, 0.15) is 26.7 Å². The van der Waals surface area contributed by atoms with Crippen molar-refractivity contribution >= 4 is 0 Å². The van der Waals surface area contributed by atoms with Crippen LogP contribution in [0, 0.1) is 10.8 Å². The summed E-state index contributed by atoms with van der Waals surface area (Å²) >= 11 is 0. The molecule has 0 amide bonds. The van der Waals surface area contributed by atoms with Gasteiger partial charge >= 0.3 is 0 Å². The molecule has 2 rings (SSSR count). The largest absolute Gasteiger partial charge is 0.389 e. The molecule has 0 unspecified atom stereocenters. The molecule has 0 saturated heterocycles. The van der Waals surface area contributed by atoms with E-state index in [2.05, 4.69) is 19.9 Å². The highest BCUT2D eigenvalue weighted by atomic mass is 16.3. The van der Waals surface area contributed by atoms with Crippen molar-refractivity contribution in [2.24, 2.45) is 10.8 Å². The molecule has 0 aromatic carbocycles. The Morgan fingerprint density at radius 2 is 2.20 bits per heavy atom. The van der Waals surface area contributed by atoms with Crippen LogP contribution in [0.15, 0.2) is 12.2 Å². The first-order valence-corrected chi connectivity index (χ1v) is 3.93. The van der Waals surface area contributed by atoms with Crippen LogP contribution >= 0.6 is 0 Å². The van der Waals surface area contributed by atoms with Crippen LogP contribution in [0.25, 0.3) is 0 Å². The van der Waals surface area contributed by atoms with E-state index in [1.54, 1.807) is 0 Å². The van der Waals surface area contributed by atoms with E-state index in [1.165, 1.54) is 6.42 Å². The summed E-state index contributed by atoms with van der Waals surface area (Å²) < 4.78 is 0. The molecule has 1 heteroatoms. The molecular formula is C9H14O. The van der Waals surface area contributed by atoms with Gasteiger partial charge in [0.2, 0.25) is 0 Å². The van der Waals surface area contributed by atoms with Crippen molar-refractivity contribution in [2.45, 2.75) is 32.8 Å². The molecule has 0 aromatic rings. The summed E-state index contributed by atoms with van der Waals surface area (Å²) in [6, 6.07) is 0. The molecule has 0 spiro atoms. The maximum atomic E-state index is 9.30. The highest BCUT2D eigenvalue weighted by Gasteiger charge is 2.60. The standard InChI is InChI=1S/C9H14O/c1-8-4-3-7(10)5-9(8,2)6-8/h3-4,7,10H,5-6H2,1-2H3/t7-,8-,9-/m1/s1. The van der Waals surface area contributed by atoms with E-state index in [4.69, 9.17) is 0 Å². The van der Waals surface area contributed by atoms with Gasteiger partial charge in [-0.15, -0.1) is 0 Å². The van der Waals surface area contributed by atoms with Gasteiger partial charge in [0.25, 0.3) is 0 Å². The summed E-state index contributed by atoms with van der Waals surface area (Å²) in [6.45, 7) is 4.54. The number of hydrogen-bond acceptors (Lipinski definition) is 1. The quantitative estimate of drug-likeness (QED) is 0.505. The minimum Gasteiger partial charge on any atom is -0.389 e. The number of aliphatic hydroxyl groups is 1. The fraction of sp³-hybridized carbons (Fsp3) is 0.778. The van der Waals surface area contributed by atoms with Crippen LogP contribution in [0.5, 0.6) is 0 Å². The third kappa shape index (κ3) is 0.615. The zero-order valence-corrected chi connectivity index (χ0v) is 6.59. The molecule has 0 radical (unpaired) electrons. The molecule has 3 atom stereocenters. The first kappa shape index (κ1) is 6.41. The third-order valence-electron chi connectivity index (χ3n) is 3.36. The zero-order chi connectivity index (χ0) is 7.41. The van der Waals surface area contributed by atoms with Crippen LogP contribution in [0.4, 0.5) is 0 Å². The van der Waals surface area contributed by atoms with E-state index in [1.807, 2.05) is 6.08 Å². The number of allylic oxidation sites excluding steroid dienone is 1. The smallest absolute Gasteiger partial charge is 0.0726 e. The van der Waals surface area contributed by atoms with Gasteiger partial charge in [-0.1, -0.05) is 26.0 Å². The summed E-state index contributed by atoms with van der Waals surface area (Å²) in [6.07, 6.45) is 6.16. The Morgan fingerprint density at radius 3 is 2.70 bits per heavy atom. The van der Waals surface area contributed by atoms with Gasteiger partial charge in [-0.05, 0) is 23.7 Å². The number of hydrogen-bond donors (Lipinski definition) is 1. The molecule has 1 saturated carbocycles. The van der Waals surface area contributed by atoms with E-state index in [9.17, 15) is 5.11 Å². The second kappa shape index (κ2) is 1.48. The van der Waals surface area contributed by atoms with E-state index < -0.39 is 0 Å².